The van der Waals surface area contributed by atoms with Gasteiger partial charge in [-0.1, -0.05) is 0 Å². The molecule has 1 saturated heterocycles. The van der Waals surface area contributed by atoms with E-state index < -0.39 is 41.7 Å². The Hall–Kier alpha value is -2.40. The second-order valence-electron chi connectivity index (χ2n) is 10.3. The molecule has 2 N–H and O–H groups in total. The van der Waals surface area contributed by atoms with Crippen LogP contribution in [-0.4, -0.2) is 51.7 Å². The summed E-state index contributed by atoms with van der Waals surface area (Å²) in [6, 6.07) is 0. The number of anilines is 2. The maximum Gasteiger partial charge on any atom is 0.500 e. The summed E-state index contributed by atoms with van der Waals surface area (Å²) in [4.78, 5) is 32.9. The van der Waals surface area contributed by atoms with Crippen LogP contribution >= 0.6 is 0 Å². The van der Waals surface area contributed by atoms with Gasteiger partial charge in [-0.25, -0.2) is 14.6 Å². The summed E-state index contributed by atoms with van der Waals surface area (Å²) in [5.41, 5.74) is -2.22. The van der Waals surface area contributed by atoms with Crippen LogP contribution in [0.2, 0.25) is 0 Å². The Bertz CT molecular complexity index is 829. The topological polar surface area (TPSA) is 121 Å². The Morgan fingerprint density at radius 2 is 1.35 bits per heavy atom. The summed E-state index contributed by atoms with van der Waals surface area (Å²) in [5, 5.41) is 5.05. The summed E-state index contributed by atoms with van der Waals surface area (Å²) in [6.07, 6.45) is -0.0135. The average molecular weight is 436 g/mol. The average Bonchev–Trinajstić information content (AvgIpc) is 2.71. The van der Waals surface area contributed by atoms with E-state index in [0.29, 0.717) is 5.46 Å². The minimum atomic E-state index is -0.828. The lowest BCUT2D eigenvalue weighted by molar-refractivity contribution is 0.00578. The Morgan fingerprint density at radius 1 is 0.903 bits per heavy atom. The smallest absolute Gasteiger partial charge is 0.444 e. The molecule has 0 aromatic carbocycles. The molecule has 0 atom stereocenters. The molecule has 1 aromatic heterocycles. The maximum atomic E-state index is 12.4. The highest BCUT2D eigenvalue weighted by Crippen LogP contribution is 2.37. The lowest BCUT2D eigenvalue weighted by Crippen LogP contribution is -2.41. The van der Waals surface area contributed by atoms with Crippen molar-refractivity contribution in [3.8, 4) is 0 Å². The molecule has 1 fully saturated rings. The van der Waals surface area contributed by atoms with Crippen molar-refractivity contribution in [3.63, 3.8) is 0 Å². The number of hydrogen-bond donors (Lipinski definition) is 2. The van der Waals surface area contributed by atoms with Crippen LogP contribution in [0.25, 0.3) is 0 Å². The van der Waals surface area contributed by atoms with Crippen molar-refractivity contribution in [2.75, 3.05) is 10.6 Å². The van der Waals surface area contributed by atoms with Crippen LogP contribution in [0.4, 0.5) is 21.4 Å². The number of ether oxygens (including phenoxy) is 2. The highest BCUT2D eigenvalue weighted by atomic mass is 16.7. The third kappa shape index (κ3) is 6.80. The van der Waals surface area contributed by atoms with Crippen molar-refractivity contribution in [2.24, 2.45) is 0 Å². The van der Waals surface area contributed by atoms with E-state index in [1.807, 2.05) is 27.7 Å². The van der Waals surface area contributed by atoms with E-state index >= 15 is 0 Å². The van der Waals surface area contributed by atoms with Crippen molar-refractivity contribution in [3.05, 3.63) is 6.20 Å². The molecular weight excluding hydrogens is 403 g/mol. The molecule has 31 heavy (non-hydrogen) atoms. The molecule has 1 aliphatic heterocycles. The maximum absolute atomic E-state index is 12.4. The molecule has 11 heteroatoms. The summed E-state index contributed by atoms with van der Waals surface area (Å²) < 4.78 is 22.7. The molecule has 2 amide bonds. The van der Waals surface area contributed by atoms with Crippen molar-refractivity contribution in [2.45, 2.75) is 91.6 Å². The predicted octanol–water partition coefficient (Wildman–Crippen LogP) is 3.47. The molecule has 0 spiro atoms. The molecule has 0 bridgehead atoms. The zero-order chi connectivity index (χ0) is 23.8. The van der Waals surface area contributed by atoms with Gasteiger partial charge >= 0.3 is 19.3 Å². The first-order valence-electron chi connectivity index (χ1n) is 10.1. The molecule has 0 radical (unpaired) electrons. The molecule has 0 unspecified atom stereocenters. The van der Waals surface area contributed by atoms with Gasteiger partial charge in [-0.3, -0.25) is 10.6 Å². The SMILES string of the molecule is CC(C)(C)OC(=O)Nc1ncc(B2OC(C)(C)C(C)(C)O2)c(NC(=O)OC(C)(C)C)n1. The lowest BCUT2D eigenvalue weighted by atomic mass is 9.80. The van der Waals surface area contributed by atoms with Crippen LogP contribution < -0.4 is 16.1 Å². The summed E-state index contributed by atoms with van der Waals surface area (Å²) in [6.45, 7) is 18.1. The number of aromatic nitrogens is 2. The van der Waals surface area contributed by atoms with E-state index in [1.165, 1.54) is 6.20 Å². The lowest BCUT2D eigenvalue weighted by Gasteiger charge is -2.32. The largest absolute Gasteiger partial charge is 0.500 e. The van der Waals surface area contributed by atoms with Crippen LogP contribution in [-0.2, 0) is 18.8 Å². The fourth-order valence-electron chi connectivity index (χ4n) is 2.49. The number of carbonyl (C=O) groups excluding carboxylic acids is 2. The Morgan fingerprint density at radius 3 is 1.81 bits per heavy atom. The normalized spacial score (nSPS) is 17.8. The van der Waals surface area contributed by atoms with Gasteiger partial charge in [-0.2, -0.15) is 4.98 Å². The predicted molar refractivity (Wildman–Crippen MR) is 117 cm³/mol. The first-order valence-corrected chi connectivity index (χ1v) is 10.1. The van der Waals surface area contributed by atoms with Gasteiger partial charge in [-0.05, 0) is 69.2 Å². The number of hydrogen-bond acceptors (Lipinski definition) is 8. The Balaban J connectivity index is 2.34. The molecule has 172 valence electrons. The summed E-state index contributed by atoms with van der Waals surface area (Å²) in [5.74, 6) is 0.0365. The highest BCUT2D eigenvalue weighted by molar-refractivity contribution is 6.63. The number of nitrogens with zero attached hydrogens (tertiary/aromatic N) is 2. The van der Waals surface area contributed by atoms with Crippen molar-refractivity contribution >= 4 is 36.5 Å². The number of amides is 2. The Kier molecular flexibility index (Phi) is 6.64. The van der Waals surface area contributed by atoms with Gasteiger partial charge in [-0.15, -0.1) is 0 Å². The zero-order valence-electron chi connectivity index (χ0n) is 20.0. The van der Waals surface area contributed by atoms with Gasteiger partial charge in [0.2, 0.25) is 5.95 Å². The number of nitrogens with one attached hydrogen (secondary N) is 2. The van der Waals surface area contributed by atoms with Gasteiger partial charge < -0.3 is 18.8 Å². The molecule has 1 aliphatic rings. The van der Waals surface area contributed by atoms with Crippen molar-refractivity contribution in [1.29, 1.82) is 0 Å². The number of rotatable bonds is 3. The first kappa shape index (κ1) is 24.9. The van der Waals surface area contributed by atoms with Gasteiger partial charge in [0.25, 0.3) is 0 Å². The second kappa shape index (κ2) is 8.27. The molecule has 0 aliphatic carbocycles. The van der Waals surface area contributed by atoms with Crippen LogP contribution in [0.3, 0.4) is 0 Å². The van der Waals surface area contributed by atoms with Gasteiger partial charge in [0.05, 0.1) is 11.2 Å². The van der Waals surface area contributed by atoms with Crippen LogP contribution in [0.5, 0.6) is 0 Å². The Labute approximate surface area is 183 Å². The monoisotopic (exact) mass is 436 g/mol. The molecule has 10 nitrogen and oxygen atoms in total. The van der Waals surface area contributed by atoms with E-state index in [0.717, 1.165) is 0 Å². The van der Waals surface area contributed by atoms with E-state index in [4.69, 9.17) is 18.8 Å². The molecule has 1 aromatic rings. The standard InChI is InChI=1S/C20H33BN4O6/c1-17(2,3)28-15(26)24-13-12(21-30-19(7,8)20(9,10)31-21)11-22-14(23-13)25-16(27)29-18(4,5)6/h11H,1-10H3,(H2,22,23,24,25,26,27). The van der Waals surface area contributed by atoms with Crippen LogP contribution in [0.1, 0.15) is 69.2 Å². The minimum Gasteiger partial charge on any atom is -0.444 e. The third-order valence-corrected chi connectivity index (χ3v) is 4.56. The quantitative estimate of drug-likeness (QED) is 0.691. The van der Waals surface area contributed by atoms with E-state index in [9.17, 15) is 9.59 Å². The van der Waals surface area contributed by atoms with Gasteiger partial charge in [0, 0.05) is 11.7 Å². The summed E-state index contributed by atoms with van der Waals surface area (Å²) >= 11 is 0. The molecule has 2 rings (SSSR count). The van der Waals surface area contributed by atoms with Crippen LogP contribution in [0, 0.1) is 0 Å². The fourth-order valence-corrected chi connectivity index (χ4v) is 2.49. The van der Waals surface area contributed by atoms with Gasteiger partial charge in [0.15, 0.2) is 0 Å². The van der Waals surface area contributed by atoms with E-state index in [1.54, 1.807) is 41.5 Å². The summed E-state index contributed by atoms with van der Waals surface area (Å²) in [7, 11) is -0.828. The van der Waals surface area contributed by atoms with Crippen LogP contribution in [0.15, 0.2) is 6.20 Å². The minimum absolute atomic E-state index is 0.0550. The van der Waals surface area contributed by atoms with Crippen molar-refractivity contribution in [1.82, 2.24) is 9.97 Å². The third-order valence-electron chi connectivity index (χ3n) is 4.56. The zero-order valence-corrected chi connectivity index (χ0v) is 20.0. The number of carbonyl (C=O) groups is 2. The molecule has 0 saturated carbocycles. The second-order valence-corrected chi connectivity index (χ2v) is 10.3. The first-order chi connectivity index (χ1) is 13.9. The molecular formula is C20H33BN4O6. The molecule has 2 heterocycles. The van der Waals surface area contributed by atoms with Crippen molar-refractivity contribution < 1.29 is 28.4 Å². The fraction of sp³-hybridized carbons (Fsp3) is 0.700. The van der Waals surface area contributed by atoms with Gasteiger partial charge in [0.1, 0.15) is 17.0 Å². The highest BCUT2D eigenvalue weighted by Gasteiger charge is 2.52. The van der Waals surface area contributed by atoms with E-state index in [2.05, 4.69) is 20.6 Å². The van der Waals surface area contributed by atoms with E-state index in [-0.39, 0.29) is 11.8 Å².